The van der Waals surface area contributed by atoms with Crippen LogP contribution >= 0.6 is 0 Å². The number of benzene rings is 1. The summed E-state index contributed by atoms with van der Waals surface area (Å²) in [6, 6.07) is 4.87. The van der Waals surface area contributed by atoms with E-state index in [1.807, 2.05) is 12.1 Å². The number of carbonyl (C=O) groups excluding carboxylic acids is 2. The topological polar surface area (TPSA) is 81.1 Å². The number of carbonyl (C=O) groups is 2. The number of fused-ring (bicyclic) bond motifs is 1. The monoisotopic (exact) mass is 327 g/mol. The Bertz CT molecular complexity index is 906. The fourth-order valence-corrected chi connectivity index (χ4v) is 3.23. The van der Waals surface area contributed by atoms with E-state index in [4.69, 9.17) is 0 Å². The molecule has 0 bridgehead atoms. The largest absolute Gasteiger partial charge is 0.295 e. The molecule has 1 N–H and O–H groups in total. The van der Waals surface area contributed by atoms with Crippen LogP contribution in [0.3, 0.4) is 0 Å². The van der Waals surface area contributed by atoms with E-state index < -0.39 is 11.9 Å². The molecule has 0 saturated carbocycles. The van der Waals surface area contributed by atoms with Crippen LogP contribution in [0.5, 0.6) is 0 Å². The van der Waals surface area contributed by atoms with Gasteiger partial charge < -0.3 is 0 Å². The van der Waals surface area contributed by atoms with Gasteiger partial charge in [-0.1, -0.05) is 32.9 Å². The number of para-hydroxylation sites is 1. The molecule has 2 heterocycles. The van der Waals surface area contributed by atoms with Crippen molar-refractivity contribution in [2.75, 3.05) is 0 Å². The zero-order chi connectivity index (χ0) is 17.6. The number of hydrogen-bond donors (Lipinski definition) is 1. The molecule has 0 spiro atoms. The molecule has 24 heavy (non-hydrogen) atoms. The summed E-state index contributed by atoms with van der Waals surface area (Å²) in [6.07, 6.45) is 0.542. The van der Waals surface area contributed by atoms with Gasteiger partial charge in [0.25, 0.3) is 5.56 Å². The van der Waals surface area contributed by atoms with E-state index in [-0.39, 0.29) is 23.3 Å². The number of nitrogens with zero attached hydrogens (tertiary/aromatic N) is 2. The molecule has 0 radical (unpaired) electrons. The first-order chi connectivity index (χ1) is 11.2. The highest BCUT2D eigenvalue weighted by Crippen LogP contribution is 2.28. The van der Waals surface area contributed by atoms with Crippen molar-refractivity contribution in [1.29, 1.82) is 0 Å². The molecule has 2 amide bonds. The Kier molecular flexibility index (Phi) is 3.78. The number of piperidine rings is 1. The Balaban J connectivity index is 2.24. The number of nitrogens with one attached hydrogen (secondary N) is 1. The van der Waals surface area contributed by atoms with Gasteiger partial charge >= 0.3 is 0 Å². The maximum atomic E-state index is 13.0. The summed E-state index contributed by atoms with van der Waals surface area (Å²) in [4.78, 5) is 41.1. The van der Waals surface area contributed by atoms with Gasteiger partial charge in [0.05, 0.1) is 10.9 Å². The van der Waals surface area contributed by atoms with Crippen LogP contribution in [0.2, 0.25) is 0 Å². The highest BCUT2D eigenvalue weighted by Gasteiger charge is 2.31. The van der Waals surface area contributed by atoms with Crippen LogP contribution in [0.15, 0.2) is 23.0 Å². The van der Waals surface area contributed by atoms with Gasteiger partial charge in [-0.3, -0.25) is 24.3 Å². The minimum atomic E-state index is -0.689. The van der Waals surface area contributed by atoms with E-state index in [0.29, 0.717) is 23.1 Å². The number of aryl methyl sites for hydroxylation is 1. The molecule has 1 atom stereocenters. The van der Waals surface area contributed by atoms with Gasteiger partial charge in [0.15, 0.2) is 0 Å². The van der Waals surface area contributed by atoms with E-state index in [1.54, 1.807) is 13.0 Å². The molecule has 1 fully saturated rings. The molecule has 3 rings (SSSR count). The molecule has 1 aromatic carbocycles. The van der Waals surface area contributed by atoms with Crippen molar-refractivity contribution < 1.29 is 9.59 Å². The maximum Gasteiger partial charge on any atom is 0.262 e. The molecule has 0 aliphatic carbocycles. The number of amides is 2. The Morgan fingerprint density at radius 1 is 1.21 bits per heavy atom. The normalized spacial score (nSPS) is 18.8. The molecule has 1 aliphatic heterocycles. The van der Waals surface area contributed by atoms with Crippen molar-refractivity contribution in [2.24, 2.45) is 0 Å². The summed E-state index contributed by atoms with van der Waals surface area (Å²) in [5.41, 5.74) is 1.29. The zero-order valence-corrected chi connectivity index (χ0v) is 14.3. The second kappa shape index (κ2) is 5.54. The van der Waals surface area contributed by atoms with Gasteiger partial charge in [-0.05, 0) is 30.4 Å². The quantitative estimate of drug-likeness (QED) is 0.812. The van der Waals surface area contributed by atoms with Crippen molar-refractivity contribution in [3.63, 3.8) is 0 Å². The first-order valence-electron chi connectivity index (χ1n) is 8.06. The highest BCUT2D eigenvalue weighted by atomic mass is 16.2. The minimum Gasteiger partial charge on any atom is -0.295 e. The average molecular weight is 327 g/mol. The fourth-order valence-electron chi connectivity index (χ4n) is 3.23. The average Bonchev–Trinajstić information content (AvgIpc) is 2.47. The third kappa shape index (κ3) is 2.62. The molecule has 6 heteroatoms. The van der Waals surface area contributed by atoms with Crippen molar-refractivity contribution in [2.45, 2.75) is 52.0 Å². The van der Waals surface area contributed by atoms with Crippen LogP contribution in [0.4, 0.5) is 0 Å². The van der Waals surface area contributed by atoms with Gasteiger partial charge in [-0.25, -0.2) is 4.98 Å². The summed E-state index contributed by atoms with van der Waals surface area (Å²) < 4.78 is 1.41. The van der Waals surface area contributed by atoms with Crippen molar-refractivity contribution in [3.8, 4) is 0 Å². The molecule has 1 aliphatic rings. The Hall–Kier alpha value is -2.50. The summed E-state index contributed by atoms with van der Waals surface area (Å²) in [7, 11) is 0. The molecule has 2 aromatic rings. The molecular weight excluding hydrogens is 306 g/mol. The van der Waals surface area contributed by atoms with E-state index in [9.17, 15) is 14.4 Å². The van der Waals surface area contributed by atoms with Crippen LogP contribution in [0.25, 0.3) is 10.9 Å². The second-order valence-corrected chi connectivity index (χ2v) is 7.25. The van der Waals surface area contributed by atoms with Gasteiger partial charge in [0.1, 0.15) is 11.9 Å². The van der Waals surface area contributed by atoms with E-state index in [2.05, 4.69) is 31.1 Å². The maximum absolute atomic E-state index is 13.0. The molecular formula is C18H21N3O3. The van der Waals surface area contributed by atoms with Crippen LogP contribution < -0.4 is 10.9 Å². The lowest BCUT2D eigenvalue weighted by Crippen LogP contribution is -2.45. The van der Waals surface area contributed by atoms with Crippen molar-refractivity contribution in [1.82, 2.24) is 14.9 Å². The first kappa shape index (κ1) is 16.4. The lowest BCUT2D eigenvalue weighted by atomic mass is 9.85. The van der Waals surface area contributed by atoms with Crippen molar-refractivity contribution in [3.05, 3.63) is 39.9 Å². The third-order valence-electron chi connectivity index (χ3n) is 4.44. The van der Waals surface area contributed by atoms with Crippen molar-refractivity contribution >= 4 is 22.7 Å². The first-order valence-corrected chi connectivity index (χ1v) is 8.06. The third-order valence-corrected chi connectivity index (χ3v) is 4.44. The lowest BCUT2D eigenvalue weighted by Gasteiger charge is -2.26. The van der Waals surface area contributed by atoms with E-state index in [0.717, 1.165) is 5.56 Å². The Morgan fingerprint density at radius 3 is 2.54 bits per heavy atom. The van der Waals surface area contributed by atoms with Crippen LogP contribution in [0, 0.1) is 6.92 Å². The Labute approximate surface area is 139 Å². The number of rotatable bonds is 1. The summed E-state index contributed by atoms with van der Waals surface area (Å²) >= 11 is 0. The Morgan fingerprint density at radius 2 is 1.92 bits per heavy atom. The smallest absolute Gasteiger partial charge is 0.262 e. The summed E-state index contributed by atoms with van der Waals surface area (Å²) in [5, 5.41) is 2.80. The number of aromatic nitrogens is 2. The van der Waals surface area contributed by atoms with E-state index >= 15 is 0 Å². The predicted molar refractivity (Wildman–Crippen MR) is 90.9 cm³/mol. The van der Waals surface area contributed by atoms with Crippen LogP contribution in [0.1, 0.15) is 51.0 Å². The SMILES string of the molecule is Cc1nc2c(C(C)(C)C)cccc2c(=O)n1C1CCC(=O)NC1=O. The van der Waals surface area contributed by atoms with Gasteiger partial charge in [-0.15, -0.1) is 0 Å². The zero-order valence-electron chi connectivity index (χ0n) is 14.3. The summed E-state index contributed by atoms with van der Waals surface area (Å²) in [5.74, 6) is -0.256. The van der Waals surface area contributed by atoms with Crippen LogP contribution in [-0.2, 0) is 15.0 Å². The molecule has 1 saturated heterocycles. The lowest BCUT2D eigenvalue weighted by molar-refractivity contribution is -0.135. The highest BCUT2D eigenvalue weighted by molar-refractivity contribution is 5.99. The second-order valence-electron chi connectivity index (χ2n) is 7.25. The fraction of sp³-hybridized carbons (Fsp3) is 0.444. The van der Waals surface area contributed by atoms with Crippen LogP contribution in [-0.4, -0.2) is 21.4 Å². The standard InChI is InChI=1S/C18H21N3O3/c1-10-19-15-11(6-5-7-12(15)18(2,3)4)17(24)21(10)13-8-9-14(22)20-16(13)23/h5-7,13H,8-9H2,1-4H3,(H,20,22,23). The molecule has 126 valence electrons. The number of hydrogen-bond acceptors (Lipinski definition) is 4. The van der Waals surface area contributed by atoms with Gasteiger partial charge in [-0.2, -0.15) is 0 Å². The summed E-state index contributed by atoms with van der Waals surface area (Å²) in [6.45, 7) is 7.95. The predicted octanol–water partition coefficient (Wildman–Crippen LogP) is 1.98. The molecule has 1 unspecified atom stereocenters. The van der Waals surface area contributed by atoms with Gasteiger partial charge in [0, 0.05) is 6.42 Å². The molecule has 6 nitrogen and oxygen atoms in total. The van der Waals surface area contributed by atoms with E-state index in [1.165, 1.54) is 4.57 Å². The number of imide groups is 1. The molecule has 1 aromatic heterocycles. The minimum absolute atomic E-state index is 0.147. The van der Waals surface area contributed by atoms with Gasteiger partial charge in [0.2, 0.25) is 11.8 Å².